The summed E-state index contributed by atoms with van der Waals surface area (Å²) in [6, 6.07) is 10.6. The van der Waals surface area contributed by atoms with Crippen LogP contribution < -0.4 is 5.30 Å². The van der Waals surface area contributed by atoms with Crippen molar-refractivity contribution in [2.24, 2.45) is 4.99 Å². The van der Waals surface area contributed by atoms with Gasteiger partial charge in [0.1, 0.15) is 5.75 Å². The van der Waals surface area contributed by atoms with Gasteiger partial charge in [0.15, 0.2) is 0 Å². The van der Waals surface area contributed by atoms with Gasteiger partial charge in [0, 0.05) is 29.0 Å². The summed E-state index contributed by atoms with van der Waals surface area (Å²) < 4.78 is 0. The highest BCUT2D eigenvalue weighted by Crippen LogP contribution is 2.48. The number of benzene rings is 2. The average molecular weight is 355 g/mol. The number of aryl methyl sites for hydroxylation is 3. The minimum Gasteiger partial charge on any atom is -0.507 e. The molecule has 2 rings (SSSR count). The fourth-order valence-electron chi connectivity index (χ4n) is 3.26. The third-order valence-electron chi connectivity index (χ3n) is 5.15. The summed E-state index contributed by atoms with van der Waals surface area (Å²) in [5.41, 5.74) is 6.80. The van der Waals surface area contributed by atoms with Crippen LogP contribution >= 0.6 is 8.58 Å². The van der Waals surface area contributed by atoms with E-state index >= 15 is 0 Å². The summed E-state index contributed by atoms with van der Waals surface area (Å²) in [5.74, 6) is 0.443. The van der Waals surface area contributed by atoms with Gasteiger partial charge < -0.3 is 5.11 Å². The van der Waals surface area contributed by atoms with Crippen molar-refractivity contribution in [1.29, 1.82) is 0 Å². The van der Waals surface area contributed by atoms with Crippen LogP contribution in [0.25, 0.3) is 0 Å². The summed E-state index contributed by atoms with van der Waals surface area (Å²) in [5, 5.41) is 12.0. The Morgan fingerprint density at radius 2 is 1.84 bits per heavy atom. The molecule has 0 radical (unpaired) electrons. The Balaban J connectivity index is 2.61. The lowest BCUT2D eigenvalue weighted by atomic mass is 9.93. The first kappa shape index (κ1) is 19.7. The van der Waals surface area contributed by atoms with Crippen LogP contribution in [0.5, 0.6) is 5.75 Å². The lowest BCUT2D eigenvalue weighted by molar-refractivity contribution is 0.452. The van der Waals surface area contributed by atoms with Crippen molar-refractivity contribution in [3.05, 3.63) is 58.1 Å². The molecule has 2 aromatic rings. The van der Waals surface area contributed by atoms with Crippen LogP contribution in [-0.2, 0) is 5.16 Å². The molecule has 0 aliphatic carbocycles. The molecule has 134 valence electrons. The Bertz CT molecular complexity index is 810. The number of phenols is 1. The Hall–Kier alpha value is -1.66. The van der Waals surface area contributed by atoms with Crippen LogP contribution in [0, 0.1) is 20.8 Å². The first-order valence-corrected chi connectivity index (χ1v) is 9.85. The van der Waals surface area contributed by atoms with E-state index in [1.165, 1.54) is 22.0 Å². The van der Waals surface area contributed by atoms with Crippen molar-refractivity contribution in [2.45, 2.75) is 53.1 Å². The van der Waals surface area contributed by atoms with E-state index in [0.29, 0.717) is 14.3 Å². The van der Waals surface area contributed by atoms with Crippen molar-refractivity contribution >= 4 is 19.6 Å². The Morgan fingerprint density at radius 3 is 2.44 bits per heavy atom. The van der Waals surface area contributed by atoms with Crippen LogP contribution in [0.15, 0.2) is 35.3 Å². The maximum Gasteiger partial charge on any atom is 0.122 e. The average Bonchev–Trinajstić information content (AvgIpc) is 2.58. The zero-order valence-electron chi connectivity index (χ0n) is 16.5. The van der Waals surface area contributed by atoms with Crippen LogP contribution in [0.2, 0.25) is 0 Å². The Kier molecular flexibility index (Phi) is 6.06. The highest BCUT2D eigenvalue weighted by molar-refractivity contribution is 7.49. The van der Waals surface area contributed by atoms with Gasteiger partial charge >= 0.3 is 0 Å². The molecule has 0 amide bonds. The molecule has 0 heterocycles. The summed E-state index contributed by atoms with van der Waals surface area (Å²) in [6.45, 7) is 12.8. The fourth-order valence-corrected chi connectivity index (χ4v) is 4.99. The number of hydrogen-bond donors (Lipinski definition) is 1. The molecule has 2 nitrogen and oxygen atoms in total. The summed E-state index contributed by atoms with van der Waals surface area (Å²) >= 11 is 0. The Morgan fingerprint density at radius 1 is 1.16 bits per heavy atom. The zero-order chi connectivity index (χ0) is 18.8. The van der Waals surface area contributed by atoms with Gasteiger partial charge in [-0.25, -0.2) is 0 Å². The number of phenolic OH excluding ortho intramolecular Hbond substituents is 1. The van der Waals surface area contributed by atoms with Crippen molar-refractivity contribution in [2.75, 3.05) is 7.05 Å². The van der Waals surface area contributed by atoms with Crippen molar-refractivity contribution in [3.63, 3.8) is 0 Å². The monoisotopic (exact) mass is 355 g/mol. The number of hydrogen-bond acceptors (Lipinski definition) is 2. The van der Waals surface area contributed by atoms with Gasteiger partial charge in [-0.05, 0) is 50.5 Å². The van der Waals surface area contributed by atoms with Crippen molar-refractivity contribution < 1.29 is 5.11 Å². The van der Waals surface area contributed by atoms with E-state index < -0.39 is 0 Å². The first-order valence-electron chi connectivity index (χ1n) is 8.85. The summed E-state index contributed by atoms with van der Waals surface area (Å²) in [7, 11) is 2.41. The number of aliphatic imine (C=N–C) groups is 1. The van der Waals surface area contributed by atoms with Gasteiger partial charge in [-0.1, -0.05) is 58.3 Å². The minimum absolute atomic E-state index is 0.101. The highest BCUT2D eigenvalue weighted by atomic mass is 31.1. The maximum absolute atomic E-state index is 10.7. The third kappa shape index (κ3) is 3.96. The molecule has 1 N–H and O–H groups in total. The summed E-state index contributed by atoms with van der Waals surface area (Å²) in [4.78, 5) is 4.41. The molecule has 0 saturated carbocycles. The predicted molar refractivity (Wildman–Crippen MR) is 112 cm³/mol. The smallest absolute Gasteiger partial charge is 0.122 e. The van der Waals surface area contributed by atoms with Crippen LogP contribution in [0.4, 0.5) is 0 Å². The number of nitrogens with zero attached hydrogens (tertiary/aromatic N) is 1. The molecule has 0 spiro atoms. The van der Waals surface area contributed by atoms with Gasteiger partial charge in [-0.2, -0.15) is 0 Å². The molecular formula is C22H30NOP. The minimum atomic E-state index is -0.101. The van der Waals surface area contributed by atoms with Gasteiger partial charge in [0.25, 0.3) is 0 Å². The van der Waals surface area contributed by atoms with E-state index in [1.807, 2.05) is 20.0 Å². The normalized spacial score (nSPS) is 14.9. The van der Waals surface area contributed by atoms with E-state index in [9.17, 15) is 5.11 Å². The highest BCUT2D eigenvalue weighted by Gasteiger charge is 2.30. The molecule has 3 heteroatoms. The molecule has 2 unspecified atom stereocenters. The van der Waals surface area contributed by atoms with E-state index in [-0.39, 0.29) is 5.16 Å². The molecule has 0 aliphatic heterocycles. The first-order chi connectivity index (χ1) is 11.7. The molecule has 0 aromatic heterocycles. The predicted octanol–water partition coefficient (Wildman–Crippen LogP) is 5.39. The molecule has 25 heavy (non-hydrogen) atoms. The second kappa shape index (κ2) is 7.70. The third-order valence-corrected chi connectivity index (χ3v) is 7.23. The SMILES string of the molecule is CCC(C)(Pc1c(C)cccc1C(C)=NC)c1cc(C)cc(C)c1O. The molecular weight excluding hydrogens is 325 g/mol. The van der Waals surface area contributed by atoms with E-state index in [0.717, 1.165) is 23.3 Å². The van der Waals surface area contributed by atoms with Crippen LogP contribution in [0.3, 0.4) is 0 Å². The van der Waals surface area contributed by atoms with Gasteiger partial charge in [0.2, 0.25) is 0 Å². The van der Waals surface area contributed by atoms with Crippen molar-refractivity contribution in [3.8, 4) is 5.75 Å². The second-order valence-electron chi connectivity index (χ2n) is 7.10. The van der Waals surface area contributed by atoms with Gasteiger partial charge in [-0.15, -0.1) is 0 Å². The van der Waals surface area contributed by atoms with Crippen LogP contribution in [0.1, 0.15) is 55.0 Å². The molecule has 2 atom stereocenters. The Labute approximate surface area is 154 Å². The second-order valence-corrected chi connectivity index (χ2v) is 8.95. The largest absolute Gasteiger partial charge is 0.507 e. The standard InChI is InChI=1S/C22H30NOP/c1-8-22(6,19-13-14(2)12-16(4)20(19)24)25-21-15(3)10-9-11-18(21)17(5)23-7/h9-13,24-25H,8H2,1-7H3. The fraction of sp³-hybridized carbons (Fsp3) is 0.409. The molecule has 0 aliphatic rings. The van der Waals surface area contributed by atoms with Gasteiger partial charge in [0.05, 0.1) is 0 Å². The maximum atomic E-state index is 10.7. The van der Waals surface area contributed by atoms with Gasteiger partial charge in [-0.3, -0.25) is 4.99 Å². The molecule has 0 saturated heterocycles. The topological polar surface area (TPSA) is 32.6 Å². The van der Waals surface area contributed by atoms with Crippen molar-refractivity contribution in [1.82, 2.24) is 0 Å². The number of aromatic hydroxyl groups is 1. The molecule has 2 aromatic carbocycles. The quantitative estimate of drug-likeness (QED) is 0.566. The van der Waals surface area contributed by atoms with E-state index in [1.54, 1.807) is 0 Å². The van der Waals surface area contributed by atoms with E-state index in [4.69, 9.17) is 0 Å². The summed E-state index contributed by atoms with van der Waals surface area (Å²) in [6.07, 6.45) is 0.970. The lowest BCUT2D eigenvalue weighted by Crippen LogP contribution is -2.23. The number of rotatable bonds is 5. The van der Waals surface area contributed by atoms with E-state index in [2.05, 4.69) is 63.9 Å². The molecule has 0 fully saturated rings. The zero-order valence-corrected chi connectivity index (χ0v) is 17.5. The molecule has 0 bridgehead atoms. The lowest BCUT2D eigenvalue weighted by Gasteiger charge is -2.32. The van der Waals surface area contributed by atoms with Crippen LogP contribution in [-0.4, -0.2) is 17.9 Å².